The van der Waals surface area contributed by atoms with Gasteiger partial charge in [0.2, 0.25) is 5.91 Å². The number of oxazole rings is 1. The van der Waals surface area contributed by atoms with Gasteiger partial charge in [-0.3, -0.25) is 4.79 Å². The number of likely N-dealkylation sites (tertiary alicyclic amines) is 1. The number of rotatable bonds is 5. The molecular formula is C22H22N6O2. The smallest absolute Gasteiger partial charge is 0.247 e. The first kappa shape index (κ1) is 18.5. The number of aromatic nitrogens is 5. The van der Waals surface area contributed by atoms with Crippen LogP contribution in [0, 0.1) is 0 Å². The molecule has 152 valence electrons. The van der Waals surface area contributed by atoms with Gasteiger partial charge < -0.3 is 9.32 Å². The van der Waals surface area contributed by atoms with Crippen LogP contribution in [0.15, 0.2) is 65.3 Å². The molecule has 3 heterocycles. The molecule has 8 nitrogen and oxygen atoms in total. The minimum absolute atomic E-state index is 0.0203. The highest BCUT2D eigenvalue weighted by Gasteiger charge is 2.33. The van der Waals surface area contributed by atoms with Gasteiger partial charge in [-0.15, -0.1) is 5.10 Å². The molecule has 1 aliphatic heterocycles. The van der Waals surface area contributed by atoms with E-state index in [1.54, 1.807) is 4.68 Å². The number of para-hydroxylation sites is 2. The maximum Gasteiger partial charge on any atom is 0.247 e. The molecule has 2 atom stereocenters. The van der Waals surface area contributed by atoms with Gasteiger partial charge in [0.05, 0.1) is 5.92 Å². The lowest BCUT2D eigenvalue weighted by Gasteiger charge is -2.33. The van der Waals surface area contributed by atoms with Crippen molar-refractivity contribution in [1.82, 2.24) is 30.1 Å². The van der Waals surface area contributed by atoms with Crippen molar-refractivity contribution in [2.45, 2.75) is 31.2 Å². The van der Waals surface area contributed by atoms with E-state index in [1.165, 1.54) is 6.33 Å². The predicted octanol–water partition coefficient (Wildman–Crippen LogP) is 3.00. The van der Waals surface area contributed by atoms with E-state index in [-0.39, 0.29) is 11.8 Å². The summed E-state index contributed by atoms with van der Waals surface area (Å²) in [6.45, 7) is 1.29. The van der Waals surface area contributed by atoms with Crippen LogP contribution in [-0.2, 0) is 11.2 Å². The number of hydrogen-bond acceptors (Lipinski definition) is 6. The molecule has 4 aromatic rings. The van der Waals surface area contributed by atoms with Crippen molar-refractivity contribution in [3.05, 3.63) is 72.4 Å². The van der Waals surface area contributed by atoms with Crippen LogP contribution in [0.2, 0.25) is 0 Å². The van der Waals surface area contributed by atoms with E-state index in [4.69, 9.17) is 4.42 Å². The normalized spacial score (nSPS) is 17.9. The quantitative estimate of drug-likeness (QED) is 0.510. The second-order valence-corrected chi connectivity index (χ2v) is 7.64. The Kier molecular flexibility index (Phi) is 4.96. The van der Waals surface area contributed by atoms with E-state index < -0.39 is 6.04 Å². The first-order valence-electron chi connectivity index (χ1n) is 10.2. The molecule has 0 aliphatic carbocycles. The fraction of sp³-hybridized carbons (Fsp3) is 0.318. The van der Waals surface area contributed by atoms with Gasteiger partial charge in [-0.2, -0.15) is 0 Å². The number of benzene rings is 2. The summed E-state index contributed by atoms with van der Waals surface area (Å²) >= 11 is 0. The number of piperidine rings is 1. The fourth-order valence-corrected chi connectivity index (χ4v) is 4.10. The van der Waals surface area contributed by atoms with Crippen molar-refractivity contribution in [3.8, 4) is 0 Å². The molecule has 0 bridgehead atoms. The molecule has 1 fully saturated rings. The number of nitrogens with zero attached hydrogens (tertiary/aromatic N) is 6. The van der Waals surface area contributed by atoms with E-state index in [2.05, 4.69) is 20.5 Å². The maximum absolute atomic E-state index is 13.5. The lowest BCUT2D eigenvalue weighted by molar-refractivity contribution is -0.136. The zero-order valence-electron chi connectivity index (χ0n) is 16.5. The molecule has 0 unspecified atom stereocenters. The largest absolute Gasteiger partial charge is 0.440 e. The molecule has 0 spiro atoms. The first-order valence-corrected chi connectivity index (χ1v) is 10.2. The fourth-order valence-electron chi connectivity index (χ4n) is 4.10. The Balaban J connectivity index is 1.37. The molecule has 0 radical (unpaired) electrons. The van der Waals surface area contributed by atoms with Gasteiger partial charge in [0.25, 0.3) is 0 Å². The zero-order chi connectivity index (χ0) is 20.3. The molecule has 0 saturated carbocycles. The third-order valence-corrected chi connectivity index (χ3v) is 5.63. The summed E-state index contributed by atoms with van der Waals surface area (Å²) in [5.74, 6) is 0.809. The Morgan fingerprint density at radius 3 is 2.77 bits per heavy atom. The van der Waals surface area contributed by atoms with Crippen LogP contribution in [0.1, 0.15) is 36.3 Å². The molecule has 1 saturated heterocycles. The Morgan fingerprint density at radius 2 is 1.97 bits per heavy atom. The van der Waals surface area contributed by atoms with Crippen LogP contribution in [0.25, 0.3) is 11.1 Å². The van der Waals surface area contributed by atoms with Crippen molar-refractivity contribution in [3.63, 3.8) is 0 Å². The summed E-state index contributed by atoms with van der Waals surface area (Å²) in [5.41, 5.74) is 2.71. The standard InChI is InChI=1S/C22H22N6O2/c29-22(19(28-15-23-25-26-28)13-16-7-2-1-3-8-16)27-12-6-9-17(14-27)21-24-18-10-4-5-11-20(18)30-21/h1-5,7-8,10-11,15,17,19H,6,9,12-14H2/t17-,19+/m0/s1. The minimum Gasteiger partial charge on any atom is -0.440 e. The van der Waals surface area contributed by atoms with Gasteiger partial charge >= 0.3 is 0 Å². The van der Waals surface area contributed by atoms with Crippen LogP contribution < -0.4 is 0 Å². The molecule has 30 heavy (non-hydrogen) atoms. The van der Waals surface area contributed by atoms with Crippen molar-refractivity contribution in [2.75, 3.05) is 13.1 Å². The Hall–Kier alpha value is -3.55. The van der Waals surface area contributed by atoms with E-state index in [1.807, 2.05) is 59.5 Å². The van der Waals surface area contributed by atoms with Gasteiger partial charge in [-0.25, -0.2) is 9.67 Å². The van der Waals surface area contributed by atoms with E-state index in [0.29, 0.717) is 25.4 Å². The van der Waals surface area contributed by atoms with Crippen molar-refractivity contribution >= 4 is 17.0 Å². The zero-order valence-corrected chi connectivity index (χ0v) is 16.5. The molecule has 1 amide bonds. The minimum atomic E-state index is -0.482. The lowest BCUT2D eigenvalue weighted by atomic mass is 9.96. The monoisotopic (exact) mass is 402 g/mol. The number of fused-ring (bicyclic) bond motifs is 1. The lowest BCUT2D eigenvalue weighted by Crippen LogP contribution is -2.43. The molecule has 0 N–H and O–H groups in total. The van der Waals surface area contributed by atoms with E-state index in [0.717, 1.165) is 29.5 Å². The summed E-state index contributed by atoms with van der Waals surface area (Å²) in [6, 6.07) is 17.2. The number of amides is 1. The average Bonchev–Trinajstić information content (AvgIpc) is 3.48. The third-order valence-electron chi connectivity index (χ3n) is 5.63. The summed E-state index contributed by atoms with van der Waals surface area (Å²) in [7, 11) is 0. The van der Waals surface area contributed by atoms with Gasteiger partial charge in [0, 0.05) is 19.5 Å². The number of hydrogen-bond donors (Lipinski definition) is 0. The summed E-state index contributed by atoms with van der Waals surface area (Å²) in [4.78, 5) is 20.1. The second-order valence-electron chi connectivity index (χ2n) is 7.64. The second kappa shape index (κ2) is 8.06. The molecule has 1 aliphatic rings. The van der Waals surface area contributed by atoms with Crippen molar-refractivity contribution in [2.24, 2.45) is 0 Å². The van der Waals surface area contributed by atoms with Crippen LogP contribution in [0.5, 0.6) is 0 Å². The van der Waals surface area contributed by atoms with Crippen molar-refractivity contribution in [1.29, 1.82) is 0 Å². The predicted molar refractivity (Wildman–Crippen MR) is 110 cm³/mol. The third kappa shape index (κ3) is 3.68. The highest BCUT2D eigenvalue weighted by atomic mass is 16.3. The number of carbonyl (C=O) groups excluding carboxylic acids is 1. The number of carbonyl (C=O) groups is 1. The Bertz CT molecular complexity index is 1090. The Labute approximate surface area is 173 Å². The van der Waals surface area contributed by atoms with Crippen molar-refractivity contribution < 1.29 is 9.21 Å². The summed E-state index contributed by atoms with van der Waals surface area (Å²) < 4.78 is 7.53. The SMILES string of the molecule is O=C([C@@H](Cc1ccccc1)n1cnnn1)N1CCC[C@H](c2nc3ccccc3o2)C1. The molecule has 5 rings (SSSR count). The van der Waals surface area contributed by atoms with Gasteiger partial charge in [-0.05, 0) is 41.0 Å². The molecule has 2 aromatic heterocycles. The molecule has 2 aromatic carbocycles. The van der Waals surface area contributed by atoms with E-state index in [9.17, 15) is 4.79 Å². The van der Waals surface area contributed by atoms with Gasteiger partial charge in [-0.1, -0.05) is 42.5 Å². The molecule has 8 heteroatoms. The summed E-state index contributed by atoms with van der Waals surface area (Å²) in [6.07, 6.45) is 3.90. The van der Waals surface area contributed by atoms with Crippen LogP contribution >= 0.6 is 0 Å². The maximum atomic E-state index is 13.5. The van der Waals surface area contributed by atoms with Crippen LogP contribution in [0.4, 0.5) is 0 Å². The summed E-state index contributed by atoms with van der Waals surface area (Å²) in [5, 5.41) is 11.5. The average molecular weight is 402 g/mol. The van der Waals surface area contributed by atoms with Gasteiger partial charge in [0.1, 0.15) is 17.9 Å². The topological polar surface area (TPSA) is 89.9 Å². The van der Waals surface area contributed by atoms with Crippen LogP contribution in [-0.4, -0.2) is 49.1 Å². The first-order chi connectivity index (χ1) is 14.8. The van der Waals surface area contributed by atoms with Gasteiger partial charge in [0.15, 0.2) is 11.5 Å². The molecular weight excluding hydrogens is 380 g/mol. The Morgan fingerprint density at radius 1 is 1.13 bits per heavy atom. The number of tetrazole rings is 1. The highest BCUT2D eigenvalue weighted by molar-refractivity contribution is 5.81. The van der Waals surface area contributed by atoms with E-state index >= 15 is 0 Å². The van der Waals surface area contributed by atoms with Crippen LogP contribution in [0.3, 0.4) is 0 Å². The highest BCUT2D eigenvalue weighted by Crippen LogP contribution is 2.30.